The zero-order valence-corrected chi connectivity index (χ0v) is 11.3. The number of esters is 1. The number of aromatic nitrogens is 2. The summed E-state index contributed by atoms with van der Waals surface area (Å²) in [7, 11) is 1.42. The van der Waals surface area contributed by atoms with E-state index in [1.165, 1.54) is 20.0 Å². The van der Waals surface area contributed by atoms with Gasteiger partial charge in [0.25, 0.3) is 0 Å². The average Bonchev–Trinajstić information content (AvgIpc) is 3.07. The molecule has 1 fully saturated rings. The lowest BCUT2D eigenvalue weighted by Gasteiger charge is -2.23. The average molecular weight is 251 g/mol. The largest absolute Gasteiger partial charge is 0.469 e. The van der Waals surface area contributed by atoms with Gasteiger partial charge in [0, 0.05) is 25.0 Å². The summed E-state index contributed by atoms with van der Waals surface area (Å²) in [4.78, 5) is 16.0. The molecule has 1 aliphatic rings. The van der Waals surface area contributed by atoms with Crippen LogP contribution in [0.1, 0.15) is 32.5 Å². The van der Waals surface area contributed by atoms with Crippen molar-refractivity contribution in [1.29, 1.82) is 0 Å². The fourth-order valence-corrected chi connectivity index (χ4v) is 1.94. The molecule has 2 rings (SSSR count). The SMILES string of the molecule is COC(=O)C(C)(C)Cn1ccnc1CNC1CC1. The Balaban J connectivity index is 1.99. The number of carbonyl (C=O) groups excluding carboxylic acids is 1. The number of carbonyl (C=O) groups is 1. The van der Waals surface area contributed by atoms with E-state index < -0.39 is 5.41 Å². The van der Waals surface area contributed by atoms with E-state index in [1.54, 1.807) is 6.20 Å². The third-order valence-electron chi connectivity index (χ3n) is 3.23. The second-order valence-corrected chi connectivity index (χ2v) is 5.50. The zero-order chi connectivity index (χ0) is 13.2. The van der Waals surface area contributed by atoms with Crippen LogP contribution in [0.4, 0.5) is 0 Å². The Morgan fingerprint density at radius 1 is 1.61 bits per heavy atom. The Bertz CT molecular complexity index is 422. The molecule has 1 aromatic rings. The zero-order valence-electron chi connectivity index (χ0n) is 11.3. The van der Waals surface area contributed by atoms with Gasteiger partial charge >= 0.3 is 5.97 Å². The first-order chi connectivity index (χ1) is 8.53. The van der Waals surface area contributed by atoms with Gasteiger partial charge in [0.15, 0.2) is 0 Å². The molecule has 1 heterocycles. The van der Waals surface area contributed by atoms with Gasteiger partial charge in [-0.2, -0.15) is 0 Å². The topological polar surface area (TPSA) is 56.2 Å². The summed E-state index contributed by atoms with van der Waals surface area (Å²) in [6, 6.07) is 0.656. The van der Waals surface area contributed by atoms with E-state index in [9.17, 15) is 4.79 Å². The Labute approximate surface area is 108 Å². The van der Waals surface area contributed by atoms with E-state index in [2.05, 4.69) is 10.3 Å². The van der Waals surface area contributed by atoms with Gasteiger partial charge in [0.05, 0.1) is 19.1 Å². The first-order valence-corrected chi connectivity index (χ1v) is 6.35. The van der Waals surface area contributed by atoms with Crippen LogP contribution in [0, 0.1) is 5.41 Å². The van der Waals surface area contributed by atoms with Crippen molar-refractivity contribution in [2.45, 2.75) is 45.8 Å². The first kappa shape index (κ1) is 13.1. The molecule has 1 saturated carbocycles. The molecule has 0 amide bonds. The Morgan fingerprint density at radius 2 is 2.33 bits per heavy atom. The van der Waals surface area contributed by atoms with E-state index in [1.807, 2.05) is 24.6 Å². The van der Waals surface area contributed by atoms with Crippen molar-refractivity contribution in [3.63, 3.8) is 0 Å². The molecule has 0 spiro atoms. The number of ether oxygens (including phenoxy) is 1. The normalized spacial score (nSPS) is 15.7. The number of methoxy groups -OCH3 is 1. The number of imidazole rings is 1. The van der Waals surface area contributed by atoms with E-state index in [-0.39, 0.29) is 5.97 Å². The van der Waals surface area contributed by atoms with Crippen molar-refractivity contribution in [3.05, 3.63) is 18.2 Å². The van der Waals surface area contributed by atoms with Crippen LogP contribution in [0.5, 0.6) is 0 Å². The molecule has 1 N–H and O–H groups in total. The number of nitrogens with one attached hydrogen (secondary N) is 1. The van der Waals surface area contributed by atoms with Gasteiger partial charge in [0.1, 0.15) is 5.82 Å². The molecule has 0 saturated heterocycles. The Morgan fingerprint density at radius 3 is 2.94 bits per heavy atom. The standard InChI is InChI=1S/C13H21N3O2/c1-13(2,12(17)18-3)9-16-7-6-14-11(16)8-15-10-4-5-10/h6-7,10,15H,4-5,8-9H2,1-3H3. The fourth-order valence-electron chi connectivity index (χ4n) is 1.94. The van der Waals surface area contributed by atoms with Crippen LogP contribution in [-0.4, -0.2) is 28.7 Å². The number of nitrogens with zero attached hydrogens (tertiary/aromatic N) is 2. The second kappa shape index (κ2) is 5.10. The minimum Gasteiger partial charge on any atom is -0.469 e. The highest BCUT2D eigenvalue weighted by Crippen LogP contribution is 2.22. The lowest BCUT2D eigenvalue weighted by molar-refractivity contribution is -0.151. The highest BCUT2D eigenvalue weighted by Gasteiger charge is 2.30. The maximum absolute atomic E-state index is 11.7. The smallest absolute Gasteiger partial charge is 0.313 e. The predicted molar refractivity (Wildman–Crippen MR) is 67.9 cm³/mol. The number of hydrogen-bond acceptors (Lipinski definition) is 4. The molecule has 5 heteroatoms. The summed E-state index contributed by atoms with van der Waals surface area (Å²) in [5.74, 6) is 0.774. The van der Waals surface area contributed by atoms with Crippen molar-refractivity contribution in [3.8, 4) is 0 Å². The molecule has 0 radical (unpaired) electrons. The van der Waals surface area contributed by atoms with Crippen molar-refractivity contribution in [2.75, 3.05) is 7.11 Å². The second-order valence-electron chi connectivity index (χ2n) is 5.50. The minimum atomic E-state index is -0.538. The van der Waals surface area contributed by atoms with Crippen LogP contribution in [0.15, 0.2) is 12.4 Å². The highest BCUT2D eigenvalue weighted by molar-refractivity contribution is 5.75. The molecule has 1 aliphatic carbocycles. The summed E-state index contributed by atoms with van der Waals surface area (Å²) < 4.78 is 6.84. The molecule has 18 heavy (non-hydrogen) atoms. The Hall–Kier alpha value is -1.36. The monoisotopic (exact) mass is 251 g/mol. The van der Waals surface area contributed by atoms with Gasteiger partial charge in [-0.1, -0.05) is 0 Å². The summed E-state index contributed by atoms with van der Waals surface area (Å²) >= 11 is 0. The van der Waals surface area contributed by atoms with Crippen molar-refractivity contribution >= 4 is 5.97 Å². The van der Waals surface area contributed by atoms with Gasteiger partial charge in [0.2, 0.25) is 0 Å². The lowest BCUT2D eigenvalue weighted by atomic mass is 9.93. The van der Waals surface area contributed by atoms with E-state index >= 15 is 0 Å². The fraction of sp³-hybridized carbons (Fsp3) is 0.692. The highest BCUT2D eigenvalue weighted by atomic mass is 16.5. The minimum absolute atomic E-state index is 0.197. The third kappa shape index (κ3) is 3.10. The van der Waals surface area contributed by atoms with Crippen LogP contribution in [0.3, 0.4) is 0 Å². The molecule has 0 aliphatic heterocycles. The summed E-state index contributed by atoms with van der Waals surface area (Å²) in [5.41, 5.74) is -0.538. The number of hydrogen-bond donors (Lipinski definition) is 1. The lowest BCUT2D eigenvalue weighted by Crippen LogP contribution is -2.31. The van der Waals surface area contributed by atoms with E-state index in [0.29, 0.717) is 12.6 Å². The summed E-state index contributed by atoms with van der Waals surface area (Å²) in [6.07, 6.45) is 6.20. The van der Waals surface area contributed by atoms with Gasteiger partial charge in [-0.25, -0.2) is 4.98 Å². The maximum Gasteiger partial charge on any atom is 0.313 e. The first-order valence-electron chi connectivity index (χ1n) is 6.35. The van der Waals surface area contributed by atoms with Crippen LogP contribution in [-0.2, 0) is 22.6 Å². The molecule has 0 aromatic carbocycles. The van der Waals surface area contributed by atoms with Crippen molar-refractivity contribution in [2.24, 2.45) is 5.41 Å². The van der Waals surface area contributed by atoms with Gasteiger partial charge < -0.3 is 14.6 Å². The van der Waals surface area contributed by atoms with Gasteiger partial charge in [-0.05, 0) is 26.7 Å². The maximum atomic E-state index is 11.7. The number of rotatable bonds is 6. The Kier molecular flexibility index (Phi) is 3.71. The molecular formula is C13H21N3O2. The van der Waals surface area contributed by atoms with Crippen LogP contribution < -0.4 is 5.32 Å². The molecule has 0 bridgehead atoms. The molecule has 0 atom stereocenters. The van der Waals surface area contributed by atoms with Crippen LogP contribution in [0.2, 0.25) is 0 Å². The molecule has 100 valence electrons. The van der Waals surface area contributed by atoms with E-state index in [4.69, 9.17) is 4.74 Å². The van der Waals surface area contributed by atoms with Crippen molar-refractivity contribution < 1.29 is 9.53 Å². The molecule has 5 nitrogen and oxygen atoms in total. The molecule has 0 unspecified atom stereocenters. The summed E-state index contributed by atoms with van der Waals surface area (Å²) in [5, 5.41) is 3.43. The van der Waals surface area contributed by atoms with Crippen LogP contribution in [0.25, 0.3) is 0 Å². The third-order valence-corrected chi connectivity index (χ3v) is 3.23. The molecule has 1 aromatic heterocycles. The van der Waals surface area contributed by atoms with Crippen LogP contribution >= 0.6 is 0 Å². The predicted octanol–water partition coefficient (Wildman–Crippen LogP) is 1.33. The van der Waals surface area contributed by atoms with E-state index in [0.717, 1.165) is 12.4 Å². The van der Waals surface area contributed by atoms with Gasteiger partial charge in [-0.3, -0.25) is 4.79 Å². The quantitative estimate of drug-likeness (QED) is 0.775. The summed E-state index contributed by atoms with van der Waals surface area (Å²) in [6.45, 7) is 5.12. The molecular weight excluding hydrogens is 230 g/mol. The van der Waals surface area contributed by atoms with Gasteiger partial charge in [-0.15, -0.1) is 0 Å². The van der Waals surface area contributed by atoms with Crippen molar-refractivity contribution in [1.82, 2.24) is 14.9 Å².